The monoisotopic (exact) mass is 347 g/mol. The lowest BCUT2D eigenvalue weighted by Crippen LogP contribution is -2.29. The third kappa shape index (κ3) is 3.73. The topological polar surface area (TPSA) is 47.6 Å². The molecule has 0 atom stereocenters. The largest absolute Gasteiger partial charge is 0.488 e. The van der Waals surface area contributed by atoms with E-state index in [0.717, 1.165) is 24.1 Å². The highest BCUT2D eigenvalue weighted by atomic mass is 19.1. The van der Waals surface area contributed by atoms with Crippen LogP contribution >= 0.6 is 0 Å². The van der Waals surface area contributed by atoms with Crippen LogP contribution < -0.4 is 14.8 Å². The molecule has 0 unspecified atom stereocenters. The minimum absolute atomic E-state index is 0.111. The van der Waals surface area contributed by atoms with Gasteiger partial charge in [-0.05, 0) is 32.0 Å². The van der Waals surface area contributed by atoms with E-state index in [2.05, 4.69) is 5.32 Å². The first-order valence-corrected chi connectivity index (χ1v) is 8.03. The Morgan fingerprint density at radius 3 is 2.60 bits per heavy atom. The summed E-state index contributed by atoms with van der Waals surface area (Å²) >= 11 is 0. The number of benzene rings is 2. The molecule has 0 fully saturated rings. The summed E-state index contributed by atoms with van der Waals surface area (Å²) in [6, 6.07) is 8.95. The van der Waals surface area contributed by atoms with Crippen LogP contribution in [0.15, 0.2) is 36.4 Å². The van der Waals surface area contributed by atoms with E-state index in [1.807, 2.05) is 26.0 Å². The second kappa shape index (κ2) is 6.70. The zero-order valence-corrected chi connectivity index (χ0v) is 14.1. The fraction of sp³-hybridized carbons (Fsp3) is 0.316. The van der Waals surface area contributed by atoms with Gasteiger partial charge in [0.05, 0.1) is 6.54 Å². The van der Waals surface area contributed by atoms with Crippen LogP contribution in [0.1, 0.15) is 29.8 Å². The lowest BCUT2D eigenvalue weighted by molar-refractivity contribution is 0.0938. The van der Waals surface area contributed by atoms with Crippen LogP contribution in [0.4, 0.5) is 8.78 Å². The smallest absolute Gasteiger partial charge is 0.257 e. The zero-order valence-electron chi connectivity index (χ0n) is 14.1. The number of fused-ring (bicyclic) bond motifs is 1. The maximum absolute atomic E-state index is 13.5. The molecule has 1 aliphatic rings. The summed E-state index contributed by atoms with van der Waals surface area (Å²) in [7, 11) is 0. The Bertz CT molecular complexity index is 785. The molecular weight excluding hydrogens is 328 g/mol. The molecule has 2 aromatic rings. The van der Waals surface area contributed by atoms with Gasteiger partial charge in [0.15, 0.2) is 11.5 Å². The summed E-state index contributed by atoms with van der Waals surface area (Å²) in [4.78, 5) is 11.9. The molecule has 1 heterocycles. The maximum atomic E-state index is 13.5. The van der Waals surface area contributed by atoms with Gasteiger partial charge < -0.3 is 14.8 Å². The molecule has 0 radical (unpaired) electrons. The van der Waals surface area contributed by atoms with Crippen molar-refractivity contribution in [1.29, 1.82) is 0 Å². The molecule has 0 saturated carbocycles. The second-order valence-corrected chi connectivity index (χ2v) is 6.48. The molecular formula is C19H19F2NO3. The predicted molar refractivity (Wildman–Crippen MR) is 89.0 cm³/mol. The maximum Gasteiger partial charge on any atom is 0.257 e. The fourth-order valence-electron chi connectivity index (χ4n) is 2.83. The Kier molecular flexibility index (Phi) is 4.61. The molecule has 0 saturated heterocycles. The van der Waals surface area contributed by atoms with Gasteiger partial charge in [-0.2, -0.15) is 0 Å². The van der Waals surface area contributed by atoms with E-state index in [1.165, 1.54) is 6.07 Å². The molecule has 1 amide bonds. The minimum Gasteiger partial charge on any atom is -0.488 e. The molecule has 6 heteroatoms. The van der Waals surface area contributed by atoms with E-state index in [9.17, 15) is 13.6 Å². The van der Waals surface area contributed by atoms with Crippen molar-refractivity contribution in [3.8, 4) is 11.5 Å². The van der Waals surface area contributed by atoms with Crippen molar-refractivity contribution in [2.45, 2.75) is 25.9 Å². The van der Waals surface area contributed by atoms with Gasteiger partial charge >= 0.3 is 0 Å². The Balaban J connectivity index is 1.57. The normalized spacial score (nSPS) is 14.6. The van der Waals surface area contributed by atoms with E-state index in [1.54, 1.807) is 6.07 Å². The average molecular weight is 347 g/mol. The first-order valence-electron chi connectivity index (χ1n) is 8.03. The van der Waals surface area contributed by atoms with Gasteiger partial charge in [-0.25, -0.2) is 8.78 Å². The molecule has 25 heavy (non-hydrogen) atoms. The van der Waals surface area contributed by atoms with Crippen LogP contribution in [0.5, 0.6) is 11.5 Å². The summed E-state index contributed by atoms with van der Waals surface area (Å²) in [5.74, 6) is -1.30. The Hall–Kier alpha value is -2.63. The molecule has 0 spiro atoms. The van der Waals surface area contributed by atoms with E-state index in [0.29, 0.717) is 11.5 Å². The fourth-order valence-corrected chi connectivity index (χ4v) is 2.83. The summed E-state index contributed by atoms with van der Waals surface area (Å²) in [5, 5.41) is 2.45. The van der Waals surface area contributed by atoms with Gasteiger partial charge in [-0.1, -0.05) is 18.2 Å². The molecule has 4 nitrogen and oxygen atoms in total. The Morgan fingerprint density at radius 2 is 1.88 bits per heavy atom. The molecule has 0 bridgehead atoms. The Labute approximate surface area is 144 Å². The van der Waals surface area contributed by atoms with Gasteiger partial charge in [0.25, 0.3) is 5.91 Å². The van der Waals surface area contributed by atoms with Crippen LogP contribution in [0.2, 0.25) is 0 Å². The zero-order chi connectivity index (χ0) is 18.0. The van der Waals surface area contributed by atoms with Crippen molar-refractivity contribution in [3.63, 3.8) is 0 Å². The van der Waals surface area contributed by atoms with Crippen molar-refractivity contribution >= 4 is 5.91 Å². The molecule has 1 N–H and O–H groups in total. The van der Waals surface area contributed by atoms with E-state index in [-0.39, 0.29) is 18.8 Å². The van der Waals surface area contributed by atoms with Crippen LogP contribution in [-0.4, -0.2) is 24.7 Å². The summed E-state index contributed by atoms with van der Waals surface area (Å²) in [6.07, 6.45) is 0.794. The number of nitrogens with one attached hydrogen (secondary N) is 1. The van der Waals surface area contributed by atoms with Crippen molar-refractivity contribution in [3.05, 3.63) is 59.2 Å². The van der Waals surface area contributed by atoms with Gasteiger partial charge in [-0.3, -0.25) is 4.79 Å². The highest BCUT2D eigenvalue weighted by molar-refractivity contribution is 5.94. The van der Waals surface area contributed by atoms with E-state index in [4.69, 9.17) is 9.47 Å². The Morgan fingerprint density at radius 1 is 1.20 bits per heavy atom. The third-order valence-electron chi connectivity index (χ3n) is 3.89. The van der Waals surface area contributed by atoms with Gasteiger partial charge in [0.2, 0.25) is 0 Å². The number of carbonyl (C=O) groups excluding carboxylic acids is 1. The first kappa shape index (κ1) is 17.2. The number of para-hydroxylation sites is 1. The van der Waals surface area contributed by atoms with Gasteiger partial charge in [0.1, 0.15) is 29.4 Å². The van der Waals surface area contributed by atoms with Crippen LogP contribution in [0.25, 0.3) is 0 Å². The predicted octanol–water partition coefficient (Wildman–Crippen LogP) is 3.49. The van der Waals surface area contributed by atoms with E-state index < -0.39 is 23.1 Å². The summed E-state index contributed by atoms with van der Waals surface area (Å²) in [6.45, 7) is 4.27. The second-order valence-electron chi connectivity index (χ2n) is 6.48. The lowest BCUT2D eigenvalue weighted by Gasteiger charge is -2.18. The highest BCUT2D eigenvalue weighted by Gasteiger charge is 2.32. The highest BCUT2D eigenvalue weighted by Crippen LogP contribution is 2.41. The quantitative estimate of drug-likeness (QED) is 0.843. The van der Waals surface area contributed by atoms with Crippen molar-refractivity contribution in [2.24, 2.45) is 0 Å². The SMILES string of the molecule is CC1(C)Cc2cccc(OCCNC(=O)c3c(F)cccc3F)c2O1. The molecule has 3 rings (SSSR count). The lowest BCUT2D eigenvalue weighted by atomic mass is 10.0. The minimum atomic E-state index is -0.894. The summed E-state index contributed by atoms with van der Waals surface area (Å²) < 4.78 is 38.7. The molecule has 132 valence electrons. The number of hydrogen-bond donors (Lipinski definition) is 1. The van der Waals surface area contributed by atoms with Gasteiger partial charge in [0, 0.05) is 12.0 Å². The van der Waals surface area contributed by atoms with Crippen LogP contribution in [-0.2, 0) is 6.42 Å². The van der Waals surface area contributed by atoms with Crippen LogP contribution in [0.3, 0.4) is 0 Å². The third-order valence-corrected chi connectivity index (χ3v) is 3.89. The van der Waals surface area contributed by atoms with E-state index >= 15 is 0 Å². The molecule has 0 aliphatic carbocycles. The molecule has 1 aliphatic heterocycles. The number of rotatable bonds is 5. The van der Waals surface area contributed by atoms with Crippen molar-refractivity contribution < 1.29 is 23.0 Å². The summed E-state index contributed by atoms with van der Waals surface area (Å²) in [5.41, 5.74) is 0.200. The number of carbonyl (C=O) groups is 1. The van der Waals surface area contributed by atoms with Crippen molar-refractivity contribution in [2.75, 3.05) is 13.2 Å². The molecule has 0 aromatic heterocycles. The number of ether oxygens (including phenoxy) is 2. The first-order chi connectivity index (χ1) is 11.9. The average Bonchev–Trinajstić information content (AvgIpc) is 2.86. The number of hydrogen-bond acceptors (Lipinski definition) is 3. The standard InChI is InChI=1S/C19H19F2NO3/c1-19(2)11-12-5-3-8-15(17(12)25-19)24-10-9-22-18(23)16-13(20)6-4-7-14(16)21/h3-8H,9-11H2,1-2H3,(H,22,23). The molecule has 2 aromatic carbocycles. The number of amides is 1. The van der Waals surface area contributed by atoms with Gasteiger partial charge in [-0.15, -0.1) is 0 Å². The van der Waals surface area contributed by atoms with Crippen molar-refractivity contribution in [1.82, 2.24) is 5.32 Å². The number of halogens is 2. The van der Waals surface area contributed by atoms with Crippen LogP contribution in [0, 0.1) is 11.6 Å².